The molecule has 18 nitrogen and oxygen atoms in total. The van der Waals surface area contributed by atoms with Gasteiger partial charge in [-0.05, 0) is 153 Å². The lowest BCUT2D eigenvalue weighted by Crippen LogP contribution is -2.67. The van der Waals surface area contributed by atoms with Crippen LogP contribution in [0.1, 0.15) is 120 Å². The SMILES string of the molecule is CC(C)(C)OC(=O)N=C(NC(=O)OC(C)(C)C)N1CC=C(c2ccc(NC(=O)c3ccc(C(=O)Nc4ccc5c(c4)CN(C(=NC(=O)OC(C)(C)C)N4C(=O)OC4(C)C)C5)cc3)cc2)CC1. The van der Waals surface area contributed by atoms with E-state index in [9.17, 15) is 28.8 Å². The summed E-state index contributed by atoms with van der Waals surface area (Å²) in [6.07, 6.45) is -0.504. The predicted octanol–water partition coefficient (Wildman–Crippen LogP) is 8.89. The van der Waals surface area contributed by atoms with Gasteiger partial charge in [0, 0.05) is 48.7 Å². The largest absolute Gasteiger partial charge is 0.444 e. The lowest BCUT2D eigenvalue weighted by Gasteiger charge is -2.47. The Balaban J connectivity index is 1.04. The van der Waals surface area contributed by atoms with Crippen molar-refractivity contribution in [2.75, 3.05) is 23.7 Å². The van der Waals surface area contributed by atoms with Crippen molar-refractivity contribution in [1.82, 2.24) is 20.0 Å². The van der Waals surface area contributed by atoms with Crippen LogP contribution in [0.2, 0.25) is 0 Å². The molecule has 350 valence electrons. The number of ether oxygens (including phenoxy) is 4. The van der Waals surface area contributed by atoms with Crippen molar-refractivity contribution in [3.05, 3.63) is 101 Å². The van der Waals surface area contributed by atoms with Crippen LogP contribution in [0.4, 0.5) is 30.6 Å². The zero-order chi connectivity index (χ0) is 48.4. The molecule has 0 unspecified atom stereocenters. The highest BCUT2D eigenvalue weighted by Gasteiger charge is 2.51. The van der Waals surface area contributed by atoms with Gasteiger partial charge in [-0.1, -0.05) is 24.3 Å². The zero-order valence-electron chi connectivity index (χ0n) is 39.3. The van der Waals surface area contributed by atoms with Gasteiger partial charge in [-0.15, -0.1) is 9.98 Å². The Morgan fingerprint density at radius 1 is 0.667 bits per heavy atom. The van der Waals surface area contributed by atoms with Crippen LogP contribution in [-0.4, -0.2) is 98.4 Å². The summed E-state index contributed by atoms with van der Waals surface area (Å²) < 4.78 is 21.4. The van der Waals surface area contributed by atoms with E-state index < -0.39 is 46.9 Å². The van der Waals surface area contributed by atoms with Gasteiger partial charge in [-0.3, -0.25) is 14.9 Å². The Morgan fingerprint density at radius 2 is 1.20 bits per heavy atom. The quantitative estimate of drug-likeness (QED) is 0.125. The van der Waals surface area contributed by atoms with E-state index in [-0.39, 0.29) is 23.7 Å². The Kier molecular flexibility index (Phi) is 13.7. The fourth-order valence-corrected chi connectivity index (χ4v) is 7.07. The van der Waals surface area contributed by atoms with Crippen molar-refractivity contribution >= 4 is 65.1 Å². The number of hydrogen-bond donors (Lipinski definition) is 3. The summed E-state index contributed by atoms with van der Waals surface area (Å²) in [4.78, 5) is 90.2. The lowest BCUT2D eigenvalue weighted by atomic mass is 9.99. The number of carbonyl (C=O) groups is 6. The fraction of sp³-hybridized carbons (Fsp3) is 0.417. The highest BCUT2D eigenvalue weighted by atomic mass is 16.6. The third-order valence-corrected chi connectivity index (χ3v) is 9.95. The van der Waals surface area contributed by atoms with E-state index in [4.69, 9.17) is 18.9 Å². The molecule has 3 aromatic carbocycles. The van der Waals surface area contributed by atoms with E-state index in [1.165, 1.54) is 4.90 Å². The molecular weight excluding hydrogens is 849 g/mol. The minimum atomic E-state index is -1.02. The Bertz CT molecular complexity index is 2490. The summed E-state index contributed by atoms with van der Waals surface area (Å²) in [6, 6.07) is 19.1. The molecule has 6 amide bonds. The standard InChI is InChI=1S/C48H58N8O10/c1-45(2,3)63-41(59)51-39(52-42(60)64-46(4,5)6)54-24-22-30(23-25-54)29-16-19-35(20-17-29)49-37(57)31-12-14-32(15-13-31)38(58)50-36-21-18-33-27-55(28-34(33)26-36)40(53-43(61)65-47(7,8)9)56-44(62)66-48(56,10)11/h12-22,26H,23-25,27-28H2,1-11H3,(H,49,57)(H,50,58)(H,51,52,59,60). The third-order valence-electron chi connectivity index (χ3n) is 9.95. The van der Waals surface area contributed by atoms with E-state index in [0.29, 0.717) is 55.1 Å². The number of carbonyl (C=O) groups excluding carboxylic acids is 6. The molecule has 3 N–H and O–H groups in total. The average Bonchev–Trinajstić information content (AvgIpc) is 3.62. The monoisotopic (exact) mass is 906 g/mol. The first-order valence-corrected chi connectivity index (χ1v) is 21.5. The van der Waals surface area contributed by atoms with Crippen molar-refractivity contribution in [3.63, 3.8) is 0 Å². The number of guanidine groups is 2. The molecule has 3 heterocycles. The zero-order valence-corrected chi connectivity index (χ0v) is 39.3. The molecule has 0 aromatic heterocycles. The summed E-state index contributed by atoms with van der Waals surface area (Å²) in [7, 11) is 0. The predicted molar refractivity (Wildman–Crippen MR) is 248 cm³/mol. The molecule has 66 heavy (non-hydrogen) atoms. The smallest absolute Gasteiger partial charge is 0.437 e. The molecular formula is C48H58N8O10. The normalized spacial score (nSPS) is 16.3. The van der Waals surface area contributed by atoms with E-state index in [2.05, 4.69) is 25.9 Å². The molecule has 3 aliphatic rings. The second kappa shape index (κ2) is 18.7. The third kappa shape index (κ3) is 12.7. The van der Waals surface area contributed by atoms with E-state index >= 15 is 0 Å². The maximum absolute atomic E-state index is 13.3. The molecule has 0 bridgehead atoms. The molecule has 0 atom stereocenters. The number of nitrogens with one attached hydrogen (secondary N) is 3. The molecule has 0 aliphatic carbocycles. The van der Waals surface area contributed by atoms with Gasteiger partial charge in [-0.2, -0.15) is 0 Å². The van der Waals surface area contributed by atoms with Gasteiger partial charge >= 0.3 is 24.4 Å². The molecule has 6 rings (SSSR count). The lowest BCUT2D eigenvalue weighted by molar-refractivity contribution is -0.131. The van der Waals surface area contributed by atoms with Gasteiger partial charge < -0.3 is 39.4 Å². The van der Waals surface area contributed by atoms with Gasteiger partial charge in [0.25, 0.3) is 11.8 Å². The number of aliphatic imine (C=N–C) groups is 2. The Morgan fingerprint density at radius 3 is 1.71 bits per heavy atom. The summed E-state index contributed by atoms with van der Waals surface area (Å²) >= 11 is 0. The van der Waals surface area contributed by atoms with Crippen LogP contribution in [0, 0.1) is 0 Å². The number of anilines is 2. The molecule has 0 radical (unpaired) electrons. The molecule has 18 heteroatoms. The maximum atomic E-state index is 13.3. The van der Waals surface area contributed by atoms with Gasteiger partial charge in [0.1, 0.15) is 16.8 Å². The van der Waals surface area contributed by atoms with Gasteiger partial charge in [-0.25, -0.2) is 24.1 Å². The van der Waals surface area contributed by atoms with Crippen molar-refractivity contribution in [3.8, 4) is 0 Å². The number of hydrogen-bond acceptors (Lipinski definition) is 10. The molecule has 1 fully saturated rings. The molecule has 1 saturated heterocycles. The second-order valence-electron chi connectivity index (χ2n) is 19.4. The molecule has 3 aliphatic heterocycles. The van der Waals surface area contributed by atoms with E-state index in [1.54, 1.807) is 128 Å². The summed E-state index contributed by atoms with van der Waals surface area (Å²) in [5.74, 6) is -0.605. The minimum absolute atomic E-state index is 0.0244. The summed E-state index contributed by atoms with van der Waals surface area (Å²) in [5.41, 5.74) is 2.22. The average molecular weight is 907 g/mol. The van der Waals surface area contributed by atoms with Crippen molar-refractivity contribution in [2.45, 2.75) is 118 Å². The molecule has 3 aromatic rings. The molecule has 0 spiro atoms. The Hall–Kier alpha value is -7.24. The van der Waals surface area contributed by atoms with Crippen LogP contribution in [0.25, 0.3) is 5.57 Å². The fourth-order valence-electron chi connectivity index (χ4n) is 7.07. The van der Waals surface area contributed by atoms with Gasteiger partial charge in [0.2, 0.25) is 11.9 Å². The number of rotatable bonds is 5. The van der Waals surface area contributed by atoms with Crippen molar-refractivity contribution in [1.29, 1.82) is 0 Å². The van der Waals surface area contributed by atoms with E-state index in [1.807, 2.05) is 30.3 Å². The number of amides is 6. The van der Waals surface area contributed by atoms with Crippen LogP contribution in [-0.2, 0) is 32.0 Å². The first kappa shape index (κ1) is 48.2. The topological polar surface area (TPSA) is 210 Å². The van der Waals surface area contributed by atoms with Gasteiger partial charge in [0.05, 0.1) is 0 Å². The number of cyclic esters (lactones) is 1. The Labute approximate surface area is 384 Å². The number of alkyl carbamates (subject to hydrolysis) is 1. The maximum Gasteiger partial charge on any atom is 0.437 e. The van der Waals surface area contributed by atoms with E-state index in [0.717, 1.165) is 22.3 Å². The number of nitrogens with zero attached hydrogens (tertiary/aromatic N) is 5. The van der Waals surface area contributed by atoms with Crippen molar-refractivity contribution < 1.29 is 47.7 Å². The second-order valence-corrected chi connectivity index (χ2v) is 19.4. The van der Waals surface area contributed by atoms with Crippen LogP contribution in [0.3, 0.4) is 0 Å². The minimum Gasteiger partial charge on any atom is -0.444 e. The van der Waals surface area contributed by atoms with Crippen LogP contribution in [0.5, 0.6) is 0 Å². The molecule has 0 saturated carbocycles. The van der Waals surface area contributed by atoms with Crippen LogP contribution >= 0.6 is 0 Å². The summed E-state index contributed by atoms with van der Waals surface area (Å²) in [5, 5.41) is 8.41. The highest BCUT2D eigenvalue weighted by Crippen LogP contribution is 2.34. The van der Waals surface area contributed by atoms with Crippen molar-refractivity contribution in [2.24, 2.45) is 9.98 Å². The first-order valence-electron chi connectivity index (χ1n) is 21.5. The van der Waals surface area contributed by atoms with Gasteiger partial charge in [0.15, 0.2) is 5.72 Å². The van der Waals surface area contributed by atoms with Crippen LogP contribution in [0.15, 0.2) is 82.8 Å². The summed E-state index contributed by atoms with van der Waals surface area (Å²) in [6.45, 7) is 20.4. The highest BCUT2D eigenvalue weighted by molar-refractivity contribution is 6.07. The first-order chi connectivity index (χ1) is 30.7. The number of benzene rings is 3. The number of fused-ring (bicyclic) bond motifs is 1. The van der Waals surface area contributed by atoms with Crippen LogP contribution < -0.4 is 16.0 Å².